The fourth-order valence-electron chi connectivity index (χ4n) is 4.41. The fraction of sp³-hybridized carbons (Fsp3) is 0.375. The van der Waals surface area contributed by atoms with Crippen molar-refractivity contribution in [2.45, 2.75) is 38.5 Å². The first-order valence-electron chi connectivity index (χ1n) is 9.93. The van der Waals surface area contributed by atoms with Crippen LogP contribution < -0.4 is 5.32 Å². The Bertz CT molecular complexity index is 806. The summed E-state index contributed by atoms with van der Waals surface area (Å²) in [7, 11) is 0. The van der Waals surface area contributed by atoms with Crippen LogP contribution in [0.5, 0.6) is 0 Å². The van der Waals surface area contributed by atoms with Crippen LogP contribution in [0.2, 0.25) is 0 Å². The molecule has 26 heavy (non-hydrogen) atoms. The number of allylic oxidation sites excluding steroid dienone is 4. The van der Waals surface area contributed by atoms with Crippen molar-refractivity contribution in [2.75, 3.05) is 5.32 Å². The molecular formula is C24H27NO. The Labute approximate surface area is 156 Å². The lowest BCUT2D eigenvalue weighted by atomic mass is 10.1. The summed E-state index contributed by atoms with van der Waals surface area (Å²) < 4.78 is 0. The molecule has 1 saturated carbocycles. The van der Waals surface area contributed by atoms with Crippen LogP contribution >= 0.6 is 0 Å². The van der Waals surface area contributed by atoms with Gasteiger partial charge in [-0.2, -0.15) is 0 Å². The van der Waals surface area contributed by atoms with E-state index >= 15 is 0 Å². The molecule has 3 atom stereocenters. The van der Waals surface area contributed by atoms with Crippen molar-refractivity contribution >= 4 is 22.4 Å². The lowest BCUT2D eigenvalue weighted by molar-refractivity contribution is -0.117. The van der Waals surface area contributed by atoms with Gasteiger partial charge in [-0.25, -0.2) is 0 Å². The first kappa shape index (κ1) is 17.1. The van der Waals surface area contributed by atoms with Crippen LogP contribution in [0.4, 0.5) is 5.69 Å². The number of rotatable bonds is 2. The van der Waals surface area contributed by atoms with Gasteiger partial charge in [-0.1, -0.05) is 60.7 Å². The summed E-state index contributed by atoms with van der Waals surface area (Å²) in [5.74, 6) is 1.47. The van der Waals surface area contributed by atoms with Gasteiger partial charge < -0.3 is 5.32 Å². The van der Waals surface area contributed by atoms with Gasteiger partial charge in [0.15, 0.2) is 0 Å². The Balaban J connectivity index is 1.47. The smallest absolute Gasteiger partial charge is 0.228 e. The summed E-state index contributed by atoms with van der Waals surface area (Å²) >= 11 is 0. The number of hydrogen-bond donors (Lipinski definition) is 1. The third kappa shape index (κ3) is 3.75. The normalized spacial score (nSPS) is 28.2. The Morgan fingerprint density at radius 2 is 1.38 bits per heavy atom. The molecule has 1 amide bonds. The molecule has 2 aliphatic carbocycles. The first-order valence-corrected chi connectivity index (χ1v) is 9.93. The van der Waals surface area contributed by atoms with Crippen molar-refractivity contribution in [1.29, 1.82) is 0 Å². The van der Waals surface area contributed by atoms with Gasteiger partial charge >= 0.3 is 0 Å². The second kappa shape index (κ2) is 7.90. The van der Waals surface area contributed by atoms with Gasteiger partial charge in [0.25, 0.3) is 0 Å². The molecule has 0 radical (unpaired) electrons. The van der Waals surface area contributed by atoms with E-state index in [9.17, 15) is 4.79 Å². The molecule has 0 aromatic heterocycles. The van der Waals surface area contributed by atoms with Crippen molar-refractivity contribution < 1.29 is 4.79 Å². The quantitative estimate of drug-likeness (QED) is 0.654. The maximum absolute atomic E-state index is 13.0. The zero-order valence-corrected chi connectivity index (χ0v) is 15.2. The second-order valence-corrected chi connectivity index (χ2v) is 7.54. The molecule has 2 aromatic rings. The van der Waals surface area contributed by atoms with Crippen molar-refractivity contribution in [3.63, 3.8) is 0 Å². The van der Waals surface area contributed by atoms with Gasteiger partial charge in [0.2, 0.25) is 5.91 Å². The lowest BCUT2D eigenvalue weighted by Crippen LogP contribution is -2.16. The molecule has 4 rings (SSSR count). The maximum Gasteiger partial charge on any atom is 0.228 e. The van der Waals surface area contributed by atoms with E-state index in [0.717, 1.165) is 49.6 Å². The largest absolute Gasteiger partial charge is 0.325 e. The van der Waals surface area contributed by atoms with Crippen LogP contribution in [0.15, 0.2) is 66.8 Å². The minimum atomic E-state index is 0.177. The highest BCUT2D eigenvalue weighted by atomic mass is 16.2. The number of amides is 1. The Morgan fingerprint density at radius 3 is 2.12 bits per heavy atom. The standard InChI is InChI=1S/C24H27NO/c26-24(25-22-17-11-13-18-12-9-10-14-19(18)22)23-20-15-7-5-3-1-2-4-6-8-16-21(20)23/h3-6,9-14,17,20-21,23H,1-2,7-8,15-16H2,(H,25,26)/b5-3-,6-4+/t20-,21-,23?/m1/s1. The highest BCUT2D eigenvalue weighted by Crippen LogP contribution is 2.52. The van der Waals surface area contributed by atoms with Crippen LogP contribution in [0.25, 0.3) is 10.8 Å². The minimum Gasteiger partial charge on any atom is -0.325 e. The van der Waals surface area contributed by atoms with E-state index in [2.05, 4.69) is 47.8 Å². The lowest BCUT2D eigenvalue weighted by Gasteiger charge is -2.09. The van der Waals surface area contributed by atoms with Gasteiger partial charge in [-0.15, -0.1) is 0 Å². The Hall–Kier alpha value is -2.35. The minimum absolute atomic E-state index is 0.177. The average molecular weight is 345 g/mol. The van der Waals surface area contributed by atoms with Crippen LogP contribution in [0.1, 0.15) is 38.5 Å². The third-order valence-electron chi connectivity index (χ3n) is 5.85. The maximum atomic E-state index is 13.0. The van der Waals surface area contributed by atoms with Crippen molar-refractivity contribution in [2.24, 2.45) is 17.8 Å². The Kier molecular flexibility index (Phi) is 5.19. The number of benzene rings is 2. The predicted octanol–water partition coefficient (Wildman–Crippen LogP) is 6.11. The highest BCUT2D eigenvalue weighted by Gasteiger charge is 2.52. The van der Waals surface area contributed by atoms with Crippen molar-refractivity contribution in [3.05, 3.63) is 66.8 Å². The van der Waals surface area contributed by atoms with E-state index in [1.165, 1.54) is 5.39 Å². The van der Waals surface area contributed by atoms with E-state index in [1.807, 2.05) is 24.3 Å². The molecule has 0 saturated heterocycles. The van der Waals surface area contributed by atoms with E-state index in [1.54, 1.807) is 0 Å². The molecule has 134 valence electrons. The summed E-state index contributed by atoms with van der Waals surface area (Å²) in [4.78, 5) is 13.0. The molecule has 1 unspecified atom stereocenters. The highest BCUT2D eigenvalue weighted by molar-refractivity contribution is 6.03. The van der Waals surface area contributed by atoms with E-state index in [0.29, 0.717) is 11.8 Å². The van der Waals surface area contributed by atoms with Crippen LogP contribution in [0.3, 0.4) is 0 Å². The molecule has 0 spiro atoms. The molecule has 0 heterocycles. The fourth-order valence-corrected chi connectivity index (χ4v) is 4.41. The van der Waals surface area contributed by atoms with E-state index in [4.69, 9.17) is 0 Å². The number of fused-ring (bicyclic) bond motifs is 2. The van der Waals surface area contributed by atoms with Gasteiger partial charge in [-0.05, 0) is 61.8 Å². The first-order chi connectivity index (χ1) is 12.8. The number of carbonyl (C=O) groups is 1. The zero-order valence-electron chi connectivity index (χ0n) is 15.2. The molecule has 2 heteroatoms. The molecule has 2 nitrogen and oxygen atoms in total. The van der Waals surface area contributed by atoms with Gasteiger partial charge in [0, 0.05) is 17.0 Å². The van der Waals surface area contributed by atoms with Crippen LogP contribution in [-0.2, 0) is 4.79 Å². The summed E-state index contributed by atoms with van der Waals surface area (Å²) in [5.41, 5.74) is 0.940. The van der Waals surface area contributed by atoms with E-state index in [-0.39, 0.29) is 11.8 Å². The second-order valence-electron chi connectivity index (χ2n) is 7.54. The SMILES string of the molecule is O=C(Nc1cccc2ccccc12)C1[C@@H]2CC/C=C\CC/C=C/CC[C@@H]12. The molecule has 0 bridgehead atoms. The molecule has 2 aromatic carbocycles. The molecule has 1 fully saturated rings. The number of anilines is 1. The van der Waals surface area contributed by atoms with Crippen molar-refractivity contribution in [3.8, 4) is 0 Å². The zero-order chi connectivity index (χ0) is 17.8. The van der Waals surface area contributed by atoms with Gasteiger partial charge in [-0.3, -0.25) is 4.79 Å². The Morgan fingerprint density at radius 1 is 0.769 bits per heavy atom. The predicted molar refractivity (Wildman–Crippen MR) is 109 cm³/mol. The third-order valence-corrected chi connectivity index (χ3v) is 5.85. The van der Waals surface area contributed by atoms with Crippen LogP contribution in [-0.4, -0.2) is 5.91 Å². The number of hydrogen-bond acceptors (Lipinski definition) is 1. The van der Waals surface area contributed by atoms with Gasteiger partial charge in [0.05, 0.1) is 0 Å². The van der Waals surface area contributed by atoms with E-state index < -0.39 is 0 Å². The molecule has 1 N–H and O–H groups in total. The molecular weight excluding hydrogens is 318 g/mol. The monoisotopic (exact) mass is 345 g/mol. The molecule has 0 aliphatic heterocycles. The summed E-state index contributed by atoms with van der Waals surface area (Å²) in [6, 6.07) is 14.4. The summed E-state index contributed by atoms with van der Waals surface area (Å²) in [5, 5.41) is 5.51. The summed E-state index contributed by atoms with van der Waals surface area (Å²) in [6.07, 6.45) is 15.9. The average Bonchev–Trinajstić information content (AvgIpc) is 3.34. The molecule has 2 aliphatic rings. The topological polar surface area (TPSA) is 29.1 Å². The van der Waals surface area contributed by atoms with Gasteiger partial charge in [0.1, 0.15) is 0 Å². The number of carbonyl (C=O) groups excluding carboxylic acids is 1. The van der Waals surface area contributed by atoms with Crippen molar-refractivity contribution in [1.82, 2.24) is 0 Å². The van der Waals surface area contributed by atoms with Crippen LogP contribution in [0, 0.1) is 17.8 Å². The summed E-state index contributed by atoms with van der Waals surface area (Å²) in [6.45, 7) is 0. The number of nitrogens with one attached hydrogen (secondary N) is 1.